The molecule has 1 aliphatic rings. The van der Waals surface area contributed by atoms with Crippen molar-refractivity contribution in [1.82, 2.24) is 0 Å². The Morgan fingerprint density at radius 1 is 1.27 bits per heavy atom. The van der Waals surface area contributed by atoms with E-state index in [1.807, 2.05) is 30.4 Å². The SMILES string of the molecule is O=C1CC=CC=C1Cc1ccccc1O. The lowest BCUT2D eigenvalue weighted by Crippen LogP contribution is -2.06. The first-order valence-electron chi connectivity index (χ1n) is 4.93. The van der Waals surface area contributed by atoms with Crippen LogP contribution in [0, 0.1) is 0 Å². The van der Waals surface area contributed by atoms with Crippen LogP contribution >= 0.6 is 0 Å². The van der Waals surface area contributed by atoms with E-state index in [-0.39, 0.29) is 11.5 Å². The van der Waals surface area contributed by atoms with Crippen LogP contribution in [0.1, 0.15) is 12.0 Å². The van der Waals surface area contributed by atoms with E-state index in [2.05, 4.69) is 0 Å². The number of hydrogen-bond acceptors (Lipinski definition) is 2. The Hall–Kier alpha value is -1.83. The predicted octanol–water partition coefficient (Wildman–Crippen LogP) is 2.39. The summed E-state index contributed by atoms with van der Waals surface area (Å²) in [7, 11) is 0. The van der Waals surface area contributed by atoms with E-state index >= 15 is 0 Å². The average Bonchev–Trinajstić information content (AvgIpc) is 2.24. The van der Waals surface area contributed by atoms with E-state index in [9.17, 15) is 9.90 Å². The number of ketones is 1. The molecule has 0 saturated heterocycles. The Morgan fingerprint density at radius 3 is 2.80 bits per heavy atom. The van der Waals surface area contributed by atoms with Crippen molar-refractivity contribution in [3.8, 4) is 5.75 Å². The van der Waals surface area contributed by atoms with E-state index in [4.69, 9.17) is 0 Å². The zero-order chi connectivity index (χ0) is 10.7. The van der Waals surface area contributed by atoms with Gasteiger partial charge in [-0.15, -0.1) is 0 Å². The summed E-state index contributed by atoms with van der Waals surface area (Å²) >= 11 is 0. The van der Waals surface area contributed by atoms with Gasteiger partial charge >= 0.3 is 0 Å². The van der Waals surface area contributed by atoms with Gasteiger partial charge in [0.15, 0.2) is 5.78 Å². The van der Waals surface area contributed by atoms with E-state index in [1.165, 1.54) is 0 Å². The lowest BCUT2D eigenvalue weighted by Gasteiger charge is -2.09. The number of para-hydroxylation sites is 1. The molecule has 0 heterocycles. The minimum Gasteiger partial charge on any atom is -0.508 e. The fraction of sp³-hybridized carbons (Fsp3) is 0.154. The number of allylic oxidation sites excluding steroid dienone is 4. The van der Waals surface area contributed by atoms with E-state index in [1.54, 1.807) is 12.1 Å². The van der Waals surface area contributed by atoms with Crippen LogP contribution in [0.4, 0.5) is 0 Å². The average molecular weight is 200 g/mol. The summed E-state index contributed by atoms with van der Waals surface area (Å²) in [5.41, 5.74) is 1.56. The summed E-state index contributed by atoms with van der Waals surface area (Å²) in [6.45, 7) is 0. The topological polar surface area (TPSA) is 37.3 Å². The third kappa shape index (κ3) is 2.15. The zero-order valence-corrected chi connectivity index (χ0v) is 8.31. The molecule has 1 aromatic carbocycles. The van der Waals surface area contributed by atoms with Crippen molar-refractivity contribution < 1.29 is 9.90 Å². The first kappa shape index (κ1) is 9.71. The highest BCUT2D eigenvalue weighted by molar-refractivity contribution is 5.98. The molecule has 0 radical (unpaired) electrons. The summed E-state index contributed by atoms with van der Waals surface area (Å²) in [6, 6.07) is 7.11. The molecule has 2 rings (SSSR count). The second kappa shape index (κ2) is 4.13. The molecule has 2 nitrogen and oxygen atoms in total. The number of hydrogen-bond donors (Lipinski definition) is 1. The Morgan fingerprint density at radius 2 is 2.07 bits per heavy atom. The van der Waals surface area contributed by atoms with Crippen molar-refractivity contribution in [1.29, 1.82) is 0 Å². The number of Topliss-reactive ketones (excluding diaryl/α,β-unsaturated/α-hetero) is 1. The van der Waals surface area contributed by atoms with Crippen LogP contribution in [-0.4, -0.2) is 10.9 Å². The molecule has 0 atom stereocenters. The predicted molar refractivity (Wildman–Crippen MR) is 58.7 cm³/mol. The highest BCUT2D eigenvalue weighted by atomic mass is 16.3. The third-order valence-corrected chi connectivity index (χ3v) is 2.47. The second-order valence-corrected chi connectivity index (χ2v) is 3.55. The normalized spacial score (nSPS) is 15.2. The molecular formula is C13H12O2. The van der Waals surface area contributed by atoms with Crippen molar-refractivity contribution in [2.45, 2.75) is 12.8 Å². The Labute approximate surface area is 88.6 Å². The Kier molecular flexibility index (Phi) is 2.68. The van der Waals surface area contributed by atoms with Gasteiger partial charge in [0.05, 0.1) is 0 Å². The molecule has 0 saturated carbocycles. The zero-order valence-electron chi connectivity index (χ0n) is 8.31. The van der Waals surface area contributed by atoms with E-state index in [0.717, 1.165) is 11.1 Å². The van der Waals surface area contributed by atoms with Crippen LogP contribution in [-0.2, 0) is 11.2 Å². The maximum Gasteiger partial charge on any atom is 0.162 e. The lowest BCUT2D eigenvalue weighted by atomic mass is 9.96. The quantitative estimate of drug-likeness (QED) is 0.795. The maximum absolute atomic E-state index is 11.5. The molecule has 0 unspecified atom stereocenters. The molecule has 1 aromatic rings. The summed E-state index contributed by atoms with van der Waals surface area (Å²) in [4.78, 5) is 11.5. The monoisotopic (exact) mass is 200 g/mol. The molecule has 15 heavy (non-hydrogen) atoms. The van der Waals surface area contributed by atoms with Crippen LogP contribution in [0.15, 0.2) is 48.1 Å². The maximum atomic E-state index is 11.5. The van der Waals surface area contributed by atoms with Crippen molar-refractivity contribution in [3.05, 3.63) is 53.6 Å². The smallest absolute Gasteiger partial charge is 0.162 e. The van der Waals surface area contributed by atoms with Crippen LogP contribution in [0.5, 0.6) is 5.75 Å². The van der Waals surface area contributed by atoms with Crippen LogP contribution < -0.4 is 0 Å². The fourth-order valence-corrected chi connectivity index (χ4v) is 1.61. The number of carbonyl (C=O) groups excluding carboxylic acids is 1. The van der Waals surface area contributed by atoms with E-state index < -0.39 is 0 Å². The molecule has 1 N–H and O–H groups in total. The summed E-state index contributed by atoms with van der Waals surface area (Å²) in [6.07, 6.45) is 6.53. The van der Waals surface area contributed by atoms with Gasteiger partial charge in [-0.3, -0.25) is 4.79 Å². The van der Waals surface area contributed by atoms with Crippen LogP contribution in [0.3, 0.4) is 0 Å². The summed E-state index contributed by atoms with van der Waals surface area (Å²) in [5.74, 6) is 0.390. The van der Waals surface area contributed by atoms with Crippen molar-refractivity contribution in [3.63, 3.8) is 0 Å². The number of carbonyl (C=O) groups is 1. The standard InChI is InChI=1S/C13H12O2/c14-12-7-3-1-5-10(12)9-11-6-2-4-8-13(11)15/h1-7,14H,8-9H2. The molecule has 0 fully saturated rings. The van der Waals surface area contributed by atoms with Gasteiger partial charge < -0.3 is 5.11 Å². The minimum atomic E-state index is 0.140. The number of benzene rings is 1. The molecule has 76 valence electrons. The Balaban J connectivity index is 2.22. The highest BCUT2D eigenvalue weighted by Gasteiger charge is 2.12. The summed E-state index contributed by atoms with van der Waals surface area (Å²) < 4.78 is 0. The van der Waals surface area contributed by atoms with Crippen molar-refractivity contribution in [2.24, 2.45) is 0 Å². The molecule has 0 bridgehead atoms. The van der Waals surface area contributed by atoms with Gasteiger partial charge in [-0.05, 0) is 17.2 Å². The minimum absolute atomic E-state index is 0.140. The largest absolute Gasteiger partial charge is 0.508 e. The van der Waals surface area contributed by atoms with Crippen LogP contribution in [0.2, 0.25) is 0 Å². The highest BCUT2D eigenvalue weighted by Crippen LogP contribution is 2.21. The van der Waals surface area contributed by atoms with Gasteiger partial charge in [0.25, 0.3) is 0 Å². The molecule has 0 aliphatic heterocycles. The molecular weight excluding hydrogens is 188 g/mol. The first-order valence-corrected chi connectivity index (χ1v) is 4.93. The third-order valence-electron chi connectivity index (χ3n) is 2.47. The molecule has 2 heteroatoms. The number of rotatable bonds is 2. The molecule has 1 aliphatic carbocycles. The molecule has 0 amide bonds. The number of aromatic hydroxyl groups is 1. The van der Waals surface area contributed by atoms with Gasteiger partial charge in [-0.25, -0.2) is 0 Å². The molecule has 0 aromatic heterocycles. The Bertz CT molecular complexity index is 442. The molecule has 0 spiro atoms. The first-order chi connectivity index (χ1) is 7.27. The van der Waals surface area contributed by atoms with Gasteiger partial charge in [-0.1, -0.05) is 36.4 Å². The van der Waals surface area contributed by atoms with Gasteiger partial charge in [0.2, 0.25) is 0 Å². The number of phenols is 1. The van der Waals surface area contributed by atoms with Crippen molar-refractivity contribution >= 4 is 5.78 Å². The van der Waals surface area contributed by atoms with Gasteiger partial charge in [0, 0.05) is 12.8 Å². The van der Waals surface area contributed by atoms with E-state index in [0.29, 0.717) is 12.8 Å². The summed E-state index contributed by atoms with van der Waals surface area (Å²) in [5, 5.41) is 9.57. The van der Waals surface area contributed by atoms with Gasteiger partial charge in [-0.2, -0.15) is 0 Å². The van der Waals surface area contributed by atoms with Gasteiger partial charge in [0.1, 0.15) is 5.75 Å². The second-order valence-electron chi connectivity index (χ2n) is 3.55. The lowest BCUT2D eigenvalue weighted by molar-refractivity contribution is -0.114. The number of phenolic OH excluding ortho intramolecular Hbond substituents is 1. The van der Waals surface area contributed by atoms with Crippen molar-refractivity contribution in [2.75, 3.05) is 0 Å². The van der Waals surface area contributed by atoms with Crippen LogP contribution in [0.25, 0.3) is 0 Å². The fourth-order valence-electron chi connectivity index (χ4n) is 1.61.